The second kappa shape index (κ2) is 7.10. The van der Waals surface area contributed by atoms with Gasteiger partial charge in [-0.1, -0.05) is 24.3 Å². The average molecular weight is 395 g/mol. The topological polar surface area (TPSA) is 30.0 Å². The van der Waals surface area contributed by atoms with Gasteiger partial charge in [-0.2, -0.15) is 26.3 Å². The molecule has 0 aliphatic heterocycles. The first-order valence-corrected chi connectivity index (χ1v) is 7.90. The number of carbonyl (C=O) groups excluding carboxylic acids is 1. The molecule has 0 atom stereocenters. The van der Waals surface area contributed by atoms with Gasteiger partial charge in [-0.05, 0) is 35.9 Å². The highest BCUT2D eigenvalue weighted by Gasteiger charge is 2.31. The van der Waals surface area contributed by atoms with Gasteiger partial charge in [0.1, 0.15) is 0 Å². The van der Waals surface area contributed by atoms with E-state index in [1.807, 2.05) is 0 Å². The zero-order valence-electron chi connectivity index (χ0n) is 14.0. The minimum atomic E-state index is -4.55. The van der Waals surface area contributed by atoms with Crippen molar-refractivity contribution in [2.75, 3.05) is 0 Å². The molecule has 1 aromatic heterocycles. The van der Waals surface area contributed by atoms with Crippen LogP contribution < -0.4 is 0 Å². The molecule has 1 heterocycles. The van der Waals surface area contributed by atoms with Crippen LogP contribution in [0.1, 0.15) is 21.5 Å². The molecule has 3 aromatic rings. The van der Waals surface area contributed by atoms with Crippen molar-refractivity contribution < 1.29 is 31.1 Å². The molecule has 28 heavy (non-hydrogen) atoms. The van der Waals surface area contributed by atoms with Crippen LogP contribution in [0.4, 0.5) is 26.3 Å². The number of pyridine rings is 1. The Morgan fingerprint density at radius 3 is 1.82 bits per heavy atom. The molecule has 0 spiro atoms. The van der Waals surface area contributed by atoms with Crippen molar-refractivity contribution in [3.63, 3.8) is 0 Å². The van der Waals surface area contributed by atoms with Crippen molar-refractivity contribution in [1.82, 2.24) is 4.98 Å². The highest BCUT2D eigenvalue weighted by atomic mass is 19.4. The molecule has 0 amide bonds. The van der Waals surface area contributed by atoms with E-state index in [4.69, 9.17) is 0 Å². The first-order valence-electron chi connectivity index (χ1n) is 7.90. The lowest BCUT2D eigenvalue weighted by molar-refractivity contribution is -0.138. The fourth-order valence-corrected chi connectivity index (χ4v) is 2.69. The number of hydrogen-bond acceptors (Lipinski definition) is 2. The number of hydrogen-bond donors (Lipinski definition) is 0. The Morgan fingerprint density at radius 1 is 0.750 bits per heavy atom. The predicted molar refractivity (Wildman–Crippen MR) is 90.5 cm³/mol. The molecule has 8 heteroatoms. The zero-order chi connectivity index (χ0) is 20.5. The van der Waals surface area contributed by atoms with Gasteiger partial charge in [0.2, 0.25) is 0 Å². The summed E-state index contributed by atoms with van der Waals surface area (Å²) >= 11 is 0. The molecule has 0 N–H and O–H groups in total. The van der Waals surface area contributed by atoms with E-state index < -0.39 is 23.5 Å². The van der Waals surface area contributed by atoms with Gasteiger partial charge in [0.25, 0.3) is 0 Å². The van der Waals surface area contributed by atoms with Crippen LogP contribution >= 0.6 is 0 Å². The number of rotatable bonds is 3. The van der Waals surface area contributed by atoms with Gasteiger partial charge >= 0.3 is 12.4 Å². The molecule has 0 bridgehead atoms. The Labute approximate surface area is 155 Å². The minimum absolute atomic E-state index is 0.0155. The molecule has 0 saturated carbocycles. The summed E-state index contributed by atoms with van der Waals surface area (Å²) in [7, 11) is 0. The highest BCUT2D eigenvalue weighted by molar-refractivity contribution is 5.89. The van der Waals surface area contributed by atoms with Crippen molar-refractivity contribution in [3.8, 4) is 22.4 Å². The number of halogens is 6. The SMILES string of the molecule is O=Cc1cc(-c2cccc(C(F)(F)F)c2)ncc1-c1cccc(C(F)(F)F)c1. The third-order valence-corrected chi connectivity index (χ3v) is 4.05. The third-order valence-electron chi connectivity index (χ3n) is 4.05. The number of benzene rings is 2. The lowest BCUT2D eigenvalue weighted by atomic mass is 9.98. The Balaban J connectivity index is 2.06. The van der Waals surface area contributed by atoms with E-state index in [0.717, 1.165) is 24.3 Å². The summed E-state index contributed by atoms with van der Waals surface area (Å²) in [6.45, 7) is 0. The zero-order valence-corrected chi connectivity index (χ0v) is 14.0. The van der Waals surface area contributed by atoms with Crippen LogP contribution in [0.25, 0.3) is 22.4 Å². The molecule has 0 fully saturated rings. The summed E-state index contributed by atoms with van der Waals surface area (Å²) < 4.78 is 77.4. The maximum atomic E-state index is 12.9. The van der Waals surface area contributed by atoms with Crippen LogP contribution in [0.2, 0.25) is 0 Å². The fourth-order valence-electron chi connectivity index (χ4n) is 2.69. The monoisotopic (exact) mass is 395 g/mol. The number of alkyl halides is 6. The Hall–Kier alpha value is -3.16. The summed E-state index contributed by atoms with van der Waals surface area (Å²) in [6.07, 6.45) is -7.49. The van der Waals surface area contributed by atoms with Gasteiger partial charge in [0.15, 0.2) is 6.29 Å². The molecule has 0 aliphatic rings. The second-order valence-electron chi connectivity index (χ2n) is 5.93. The van der Waals surface area contributed by atoms with Gasteiger partial charge in [0, 0.05) is 22.9 Å². The van der Waals surface area contributed by atoms with Crippen LogP contribution in [0.15, 0.2) is 60.8 Å². The Kier molecular flexibility index (Phi) is 4.97. The van der Waals surface area contributed by atoms with Crippen LogP contribution in [0, 0.1) is 0 Å². The molecule has 144 valence electrons. The molecule has 0 aliphatic carbocycles. The standard InChI is InChI=1S/C20H11F6NO/c21-19(22,23)15-5-1-3-12(7-15)17-10-27-18(9-14(17)11-28)13-4-2-6-16(8-13)20(24,25)26/h1-11H. The van der Waals surface area contributed by atoms with Gasteiger partial charge in [-0.3, -0.25) is 9.78 Å². The molecule has 2 nitrogen and oxygen atoms in total. The first-order chi connectivity index (χ1) is 13.1. The van der Waals surface area contributed by atoms with Crippen LogP contribution in [0.3, 0.4) is 0 Å². The molecule has 3 rings (SSSR count). The maximum absolute atomic E-state index is 12.9. The van der Waals surface area contributed by atoms with Gasteiger partial charge in [0.05, 0.1) is 16.8 Å². The van der Waals surface area contributed by atoms with Crippen LogP contribution in [-0.4, -0.2) is 11.3 Å². The average Bonchev–Trinajstić information content (AvgIpc) is 2.66. The largest absolute Gasteiger partial charge is 0.416 e. The van der Waals surface area contributed by atoms with Crippen LogP contribution in [-0.2, 0) is 12.4 Å². The summed E-state index contributed by atoms with van der Waals surface area (Å²) in [6, 6.07) is 10.0. The maximum Gasteiger partial charge on any atom is 0.416 e. The van der Waals surface area contributed by atoms with Crippen molar-refractivity contribution in [3.05, 3.63) is 77.5 Å². The van der Waals surface area contributed by atoms with E-state index in [2.05, 4.69) is 4.98 Å². The second-order valence-corrected chi connectivity index (χ2v) is 5.93. The Morgan fingerprint density at radius 2 is 1.29 bits per heavy atom. The number of aromatic nitrogens is 1. The lowest BCUT2D eigenvalue weighted by Gasteiger charge is -2.12. The lowest BCUT2D eigenvalue weighted by Crippen LogP contribution is -2.05. The predicted octanol–water partition coefficient (Wildman–Crippen LogP) is 6.27. The summed E-state index contributed by atoms with van der Waals surface area (Å²) in [5, 5.41) is 0. The van der Waals surface area contributed by atoms with E-state index in [-0.39, 0.29) is 27.9 Å². The molecular formula is C20H11F6NO. The summed E-state index contributed by atoms with van der Waals surface area (Å²) in [5.74, 6) is 0. The van der Waals surface area contributed by atoms with Crippen molar-refractivity contribution in [2.24, 2.45) is 0 Å². The fraction of sp³-hybridized carbons (Fsp3) is 0.100. The Bertz CT molecular complexity index is 1020. The third kappa shape index (κ3) is 4.05. The van der Waals surface area contributed by atoms with Crippen molar-refractivity contribution >= 4 is 6.29 Å². The normalized spacial score (nSPS) is 12.1. The summed E-state index contributed by atoms with van der Waals surface area (Å²) in [4.78, 5) is 15.5. The van der Waals surface area contributed by atoms with Gasteiger partial charge in [-0.25, -0.2) is 0 Å². The van der Waals surface area contributed by atoms with E-state index in [1.165, 1.54) is 36.5 Å². The van der Waals surface area contributed by atoms with Gasteiger partial charge < -0.3 is 0 Å². The van der Waals surface area contributed by atoms with E-state index >= 15 is 0 Å². The van der Waals surface area contributed by atoms with E-state index in [1.54, 1.807) is 0 Å². The summed E-state index contributed by atoms with van der Waals surface area (Å²) in [5.41, 5.74) is -1.23. The first kappa shape index (κ1) is 19.6. The van der Waals surface area contributed by atoms with E-state index in [9.17, 15) is 31.1 Å². The quantitative estimate of drug-likeness (QED) is 0.387. The van der Waals surface area contributed by atoms with Crippen LogP contribution in [0.5, 0.6) is 0 Å². The molecule has 2 aromatic carbocycles. The highest BCUT2D eigenvalue weighted by Crippen LogP contribution is 2.35. The number of aldehydes is 1. The number of carbonyl (C=O) groups is 1. The molecule has 0 saturated heterocycles. The smallest absolute Gasteiger partial charge is 0.298 e. The molecular weight excluding hydrogens is 384 g/mol. The van der Waals surface area contributed by atoms with Gasteiger partial charge in [-0.15, -0.1) is 0 Å². The van der Waals surface area contributed by atoms with Crippen molar-refractivity contribution in [1.29, 1.82) is 0 Å². The minimum Gasteiger partial charge on any atom is -0.298 e. The molecule has 0 radical (unpaired) electrons. The van der Waals surface area contributed by atoms with Crippen molar-refractivity contribution in [2.45, 2.75) is 12.4 Å². The number of nitrogens with zero attached hydrogens (tertiary/aromatic N) is 1. The van der Waals surface area contributed by atoms with E-state index in [0.29, 0.717) is 6.29 Å². The molecule has 0 unspecified atom stereocenters.